The van der Waals surface area contributed by atoms with Gasteiger partial charge >= 0.3 is 5.97 Å². The first-order chi connectivity index (χ1) is 12.3. The van der Waals surface area contributed by atoms with Crippen LogP contribution in [0.25, 0.3) is 0 Å². The van der Waals surface area contributed by atoms with Gasteiger partial charge in [0.25, 0.3) is 11.6 Å². The molecule has 0 aliphatic heterocycles. The fourth-order valence-electron chi connectivity index (χ4n) is 2.11. The Labute approximate surface area is 159 Å². The van der Waals surface area contributed by atoms with Gasteiger partial charge in [0.05, 0.1) is 21.6 Å². The van der Waals surface area contributed by atoms with Crippen LogP contribution in [-0.4, -0.2) is 23.4 Å². The molecule has 0 heterocycles. The van der Waals surface area contributed by atoms with Crippen molar-refractivity contribution in [3.63, 3.8) is 0 Å². The molecular formula is C17H14Cl2N2O5. The molecule has 0 fully saturated rings. The standard InChI is InChI=1S/C17H14Cl2N2O5/c1-10(11-2-4-12(18)5-3-11)20-16(22)9-26-17(23)14-7-6-13(21(24)25)8-15(14)19/h2-8,10H,9H2,1H3,(H,20,22)/t10-/m1/s1. The summed E-state index contributed by atoms with van der Waals surface area (Å²) in [6.45, 7) is 1.26. The molecule has 2 rings (SSSR count). The SMILES string of the molecule is C[C@@H](NC(=O)COC(=O)c1ccc([N+](=O)[O-])cc1Cl)c1ccc(Cl)cc1. The molecular weight excluding hydrogens is 383 g/mol. The van der Waals surface area contributed by atoms with E-state index in [0.29, 0.717) is 5.02 Å². The van der Waals surface area contributed by atoms with Crippen molar-refractivity contribution in [1.82, 2.24) is 5.32 Å². The highest BCUT2D eigenvalue weighted by molar-refractivity contribution is 6.33. The Hall–Kier alpha value is -2.64. The molecule has 9 heteroatoms. The molecule has 0 saturated carbocycles. The number of halogens is 2. The maximum Gasteiger partial charge on any atom is 0.340 e. The molecule has 1 amide bonds. The second-order valence-corrected chi connectivity index (χ2v) is 6.18. The minimum Gasteiger partial charge on any atom is -0.452 e. The van der Waals surface area contributed by atoms with Crippen molar-refractivity contribution < 1.29 is 19.2 Å². The highest BCUT2D eigenvalue weighted by Gasteiger charge is 2.18. The molecule has 136 valence electrons. The van der Waals surface area contributed by atoms with Crippen molar-refractivity contribution in [2.75, 3.05) is 6.61 Å². The Kier molecular flexibility index (Phi) is 6.54. The van der Waals surface area contributed by atoms with E-state index in [9.17, 15) is 19.7 Å². The van der Waals surface area contributed by atoms with Gasteiger partial charge in [-0.3, -0.25) is 14.9 Å². The molecule has 0 radical (unpaired) electrons. The van der Waals surface area contributed by atoms with Gasteiger partial charge in [-0.15, -0.1) is 0 Å². The minimum absolute atomic E-state index is 0.0594. The lowest BCUT2D eigenvalue weighted by atomic mass is 10.1. The summed E-state index contributed by atoms with van der Waals surface area (Å²) >= 11 is 11.7. The number of non-ortho nitro benzene ring substituents is 1. The second kappa shape index (κ2) is 8.64. The quantitative estimate of drug-likeness (QED) is 0.452. The van der Waals surface area contributed by atoms with E-state index >= 15 is 0 Å². The largest absolute Gasteiger partial charge is 0.452 e. The number of hydrogen-bond donors (Lipinski definition) is 1. The third-order valence-corrected chi connectivity index (χ3v) is 4.03. The zero-order valence-electron chi connectivity index (χ0n) is 13.6. The molecule has 2 aromatic carbocycles. The topological polar surface area (TPSA) is 98.5 Å². The number of carbonyl (C=O) groups is 2. The lowest BCUT2D eigenvalue weighted by Gasteiger charge is -2.14. The Bertz CT molecular complexity index is 840. The molecule has 0 saturated heterocycles. The predicted molar refractivity (Wildman–Crippen MR) is 96.4 cm³/mol. The summed E-state index contributed by atoms with van der Waals surface area (Å²) in [5.74, 6) is -1.35. The molecule has 0 bridgehead atoms. The van der Waals surface area contributed by atoms with Crippen LogP contribution in [0, 0.1) is 10.1 Å². The van der Waals surface area contributed by atoms with Crippen molar-refractivity contribution in [1.29, 1.82) is 0 Å². The van der Waals surface area contributed by atoms with Crippen LogP contribution < -0.4 is 5.32 Å². The summed E-state index contributed by atoms with van der Waals surface area (Å²) in [6, 6.07) is 10.0. The summed E-state index contributed by atoms with van der Waals surface area (Å²) in [7, 11) is 0. The molecule has 0 aliphatic carbocycles. The number of amides is 1. The third kappa shape index (κ3) is 5.18. The van der Waals surface area contributed by atoms with Gasteiger partial charge in [-0.1, -0.05) is 35.3 Å². The van der Waals surface area contributed by atoms with E-state index in [4.69, 9.17) is 27.9 Å². The van der Waals surface area contributed by atoms with Gasteiger partial charge < -0.3 is 10.1 Å². The summed E-state index contributed by atoms with van der Waals surface area (Å²) in [6.07, 6.45) is 0. The number of nitro benzene ring substituents is 1. The molecule has 26 heavy (non-hydrogen) atoms. The van der Waals surface area contributed by atoms with Crippen LogP contribution in [0.4, 0.5) is 5.69 Å². The molecule has 7 nitrogen and oxygen atoms in total. The normalized spacial score (nSPS) is 11.5. The number of hydrogen-bond acceptors (Lipinski definition) is 5. The van der Waals surface area contributed by atoms with Crippen LogP contribution >= 0.6 is 23.2 Å². The highest BCUT2D eigenvalue weighted by Crippen LogP contribution is 2.23. The monoisotopic (exact) mass is 396 g/mol. The van der Waals surface area contributed by atoms with Crippen LogP contribution in [0.2, 0.25) is 10.0 Å². The number of rotatable bonds is 6. The maximum atomic E-state index is 12.0. The number of ether oxygens (including phenoxy) is 1. The summed E-state index contributed by atoms with van der Waals surface area (Å²) in [5, 5.41) is 13.8. The fourth-order valence-corrected chi connectivity index (χ4v) is 2.49. The number of esters is 1. The first kappa shape index (κ1) is 19.7. The van der Waals surface area contributed by atoms with Gasteiger partial charge in [-0.25, -0.2) is 4.79 Å². The van der Waals surface area contributed by atoms with E-state index in [1.807, 2.05) is 0 Å². The first-order valence-electron chi connectivity index (χ1n) is 7.44. The van der Waals surface area contributed by atoms with Crippen LogP contribution in [0.3, 0.4) is 0 Å². The summed E-state index contributed by atoms with van der Waals surface area (Å²) in [5.41, 5.74) is 0.532. The molecule has 0 aliphatic rings. The zero-order valence-corrected chi connectivity index (χ0v) is 15.1. The van der Waals surface area contributed by atoms with E-state index in [0.717, 1.165) is 17.7 Å². The Morgan fingerprint density at radius 1 is 1.19 bits per heavy atom. The Balaban J connectivity index is 1.91. The Morgan fingerprint density at radius 2 is 1.85 bits per heavy atom. The molecule has 0 unspecified atom stereocenters. The molecule has 1 N–H and O–H groups in total. The highest BCUT2D eigenvalue weighted by atomic mass is 35.5. The van der Waals surface area contributed by atoms with Gasteiger partial charge in [0.15, 0.2) is 6.61 Å². The molecule has 2 aromatic rings. The van der Waals surface area contributed by atoms with E-state index in [2.05, 4.69) is 5.32 Å². The van der Waals surface area contributed by atoms with Crippen molar-refractivity contribution in [3.05, 3.63) is 73.8 Å². The average Bonchev–Trinajstić information content (AvgIpc) is 2.60. The van der Waals surface area contributed by atoms with Crippen molar-refractivity contribution >= 4 is 40.8 Å². The van der Waals surface area contributed by atoms with Gasteiger partial charge in [0, 0.05) is 17.2 Å². The van der Waals surface area contributed by atoms with Gasteiger partial charge in [-0.05, 0) is 30.7 Å². The van der Waals surface area contributed by atoms with E-state index in [1.54, 1.807) is 31.2 Å². The molecule has 0 aromatic heterocycles. The van der Waals surface area contributed by atoms with Crippen LogP contribution in [-0.2, 0) is 9.53 Å². The number of benzene rings is 2. The smallest absolute Gasteiger partial charge is 0.340 e. The van der Waals surface area contributed by atoms with Crippen molar-refractivity contribution in [2.45, 2.75) is 13.0 Å². The van der Waals surface area contributed by atoms with Crippen LogP contribution in [0.5, 0.6) is 0 Å². The van der Waals surface area contributed by atoms with Crippen molar-refractivity contribution in [2.24, 2.45) is 0 Å². The van der Waals surface area contributed by atoms with Gasteiger partial charge in [-0.2, -0.15) is 0 Å². The lowest BCUT2D eigenvalue weighted by molar-refractivity contribution is -0.384. The van der Waals surface area contributed by atoms with Gasteiger partial charge in [0.1, 0.15) is 0 Å². The number of nitrogens with zero attached hydrogens (tertiary/aromatic N) is 1. The number of nitro groups is 1. The second-order valence-electron chi connectivity index (χ2n) is 5.34. The first-order valence-corrected chi connectivity index (χ1v) is 8.19. The van der Waals surface area contributed by atoms with Crippen LogP contribution in [0.1, 0.15) is 28.9 Å². The average molecular weight is 397 g/mol. The van der Waals surface area contributed by atoms with Gasteiger partial charge in [0.2, 0.25) is 0 Å². The van der Waals surface area contributed by atoms with E-state index < -0.39 is 23.4 Å². The predicted octanol–water partition coefficient (Wildman–Crippen LogP) is 3.94. The molecule has 0 spiro atoms. The summed E-state index contributed by atoms with van der Waals surface area (Å²) in [4.78, 5) is 33.9. The third-order valence-electron chi connectivity index (χ3n) is 3.47. The zero-order chi connectivity index (χ0) is 19.3. The molecule has 1 atom stereocenters. The maximum absolute atomic E-state index is 12.0. The minimum atomic E-state index is -0.848. The number of carbonyl (C=O) groups excluding carboxylic acids is 2. The van der Waals surface area contributed by atoms with E-state index in [-0.39, 0.29) is 22.3 Å². The Morgan fingerprint density at radius 3 is 2.42 bits per heavy atom. The lowest BCUT2D eigenvalue weighted by Crippen LogP contribution is -2.31. The van der Waals surface area contributed by atoms with Crippen LogP contribution in [0.15, 0.2) is 42.5 Å². The fraction of sp³-hybridized carbons (Fsp3) is 0.176. The summed E-state index contributed by atoms with van der Waals surface area (Å²) < 4.78 is 4.90. The van der Waals surface area contributed by atoms with Crippen molar-refractivity contribution in [3.8, 4) is 0 Å². The number of nitrogens with one attached hydrogen (secondary N) is 1. The van der Waals surface area contributed by atoms with E-state index in [1.165, 1.54) is 6.07 Å².